The first-order valence-electron chi connectivity index (χ1n) is 8.36. The molecule has 4 nitrogen and oxygen atoms in total. The van der Waals surface area contributed by atoms with Gasteiger partial charge < -0.3 is 15.4 Å². The van der Waals surface area contributed by atoms with E-state index in [9.17, 15) is 4.79 Å². The standard InChI is InChI=1S/C19H30N2O2/c1-13-8-7-9-14(2)17(13)23-12-16(22)20-15-10-18(3,4)21-19(5,6)11-15/h7-9,15,21H,10-12H2,1-6H3,(H,20,22). The summed E-state index contributed by atoms with van der Waals surface area (Å²) in [4.78, 5) is 12.3. The van der Waals surface area contributed by atoms with Gasteiger partial charge in [0.2, 0.25) is 0 Å². The van der Waals surface area contributed by atoms with Crippen molar-refractivity contribution in [3.63, 3.8) is 0 Å². The number of hydrogen-bond acceptors (Lipinski definition) is 3. The van der Waals surface area contributed by atoms with Crippen LogP contribution in [-0.2, 0) is 4.79 Å². The summed E-state index contributed by atoms with van der Waals surface area (Å²) in [5.74, 6) is 0.764. The molecule has 0 radical (unpaired) electrons. The van der Waals surface area contributed by atoms with Crippen molar-refractivity contribution < 1.29 is 9.53 Å². The van der Waals surface area contributed by atoms with E-state index >= 15 is 0 Å². The zero-order valence-corrected chi connectivity index (χ0v) is 15.2. The fourth-order valence-electron chi connectivity index (χ4n) is 3.86. The monoisotopic (exact) mass is 318 g/mol. The molecule has 2 N–H and O–H groups in total. The van der Waals surface area contributed by atoms with Crippen LogP contribution in [0.5, 0.6) is 5.75 Å². The lowest BCUT2D eigenvalue weighted by Gasteiger charge is -2.46. The number of ether oxygens (including phenoxy) is 1. The first kappa shape index (κ1) is 17.8. The number of carbonyl (C=O) groups is 1. The molecule has 1 aromatic rings. The molecule has 0 saturated carbocycles. The highest BCUT2D eigenvalue weighted by atomic mass is 16.5. The molecule has 1 heterocycles. The Labute approximate surface area is 140 Å². The molecule has 0 unspecified atom stereocenters. The zero-order chi connectivity index (χ0) is 17.3. The van der Waals surface area contributed by atoms with Crippen molar-refractivity contribution in [2.24, 2.45) is 0 Å². The van der Waals surface area contributed by atoms with Crippen molar-refractivity contribution in [1.82, 2.24) is 10.6 Å². The Morgan fingerprint density at radius 2 is 1.70 bits per heavy atom. The van der Waals surface area contributed by atoms with Gasteiger partial charge in [0.1, 0.15) is 5.75 Å². The number of hydrogen-bond donors (Lipinski definition) is 2. The summed E-state index contributed by atoms with van der Waals surface area (Å²) < 4.78 is 5.75. The van der Waals surface area contributed by atoms with Gasteiger partial charge in [-0.15, -0.1) is 0 Å². The summed E-state index contributed by atoms with van der Waals surface area (Å²) in [6, 6.07) is 6.17. The van der Waals surface area contributed by atoms with Gasteiger partial charge in [-0.3, -0.25) is 4.79 Å². The molecule has 0 spiro atoms. The molecule has 0 atom stereocenters. The van der Waals surface area contributed by atoms with Crippen molar-refractivity contribution in [2.75, 3.05) is 6.61 Å². The number of aryl methyl sites for hydroxylation is 2. The van der Waals surface area contributed by atoms with Crippen LogP contribution in [0.25, 0.3) is 0 Å². The topological polar surface area (TPSA) is 50.4 Å². The second-order valence-corrected chi connectivity index (χ2v) is 8.08. The van der Waals surface area contributed by atoms with Gasteiger partial charge in [-0.1, -0.05) is 18.2 Å². The molecule has 0 aromatic heterocycles. The van der Waals surface area contributed by atoms with E-state index in [1.807, 2.05) is 32.0 Å². The van der Waals surface area contributed by atoms with Gasteiger partial charge in [0.05, 0.1) is 0 Å². The lowest BCUT2D eigenvalue weighted by molar-refractivity contribution is -0.124. The molecule has 1 saturated heterocycles. The van der Waals surface area contributed by atoms with E-state index in [0.717, 1.165) is 29.7 Å². The molecule has 2 rings (SSSR count). The van der Waals surface area contributed by atoms with Gasteiger partial charge >= 0.3 is 0 Å². The maximum absolute atomic E-state index is 12.3. The highest BCUT2D eigenvalue weighted by Crippen LogP contribution is 2.28. The third-order valence-electron chi connectivity index (χ3n) is 4.31. The van der Waals surface area contributed by atoms with Gasteiger partial charge in [0.15, 0.2) is 6.61 Å². The maximum Gasteiger partial charge on any atom is 0.258 e. The van der Waals surface area contributed by atoms with Crippen molar-refractivity contribution in [3.05, 3.63) is 29.3 Å². The summed E-state index contributed by atoms with van der Waals surface area (Å²) >= 11 is 0. The van der Waals surface area contributed by atoms with E-state index < -0.39 is 0 Å². The Kier molecular flexibility index (Phi) is 5.04. The van der Waals surface area contributed by atoms with Crippen LogP contribution in [-0.4, -0.2) is 29.6 Å². The van der Waals surface area contributed by atoms with E-state index in [1.54, 1.807) is 0 Å². The Balaban J connectivity index is 1.92. The fourth-order valence-corrected chi connectivity index (χ4v) is 3.86. The molecule has 0 aliphatic carbocycles. The zero-order valence-electron chi connectivity index (χ0n) is 15.2. The van der Waals surface area contributed by atoms with Crippen LogP contribution in [0.3, 0.4) is 0 Å². The summed E-state index contributed by atoms with van der Waals surface area (Å²) in [6.45, 7) is 12.8. The van der Waals surface area contributed by atoms with E-state index in [2.05, 4.69) is 38.3 Å². The van der Waals surface area contributed by atoms with Crippen LogP contribution in [0, 0.1) is 13.8 Å². The minimum absolute atomic E-state index is 0.0210. The molecule has 1 fully saturated rings. The third kappa shape index (κ3) is 4.96. The molecular weight excluding hydrogens is 288 g/mol. The normalized spacial score (nSPS) is 20.1. The predicted molar refractivity (Wildman–Crippen MR) is 93.9 cm³/mol. The number of nitrogens with one attached hydrogen (secondary N) is 2. The minimum Gasteiger partial charge on any atom is -0.483 e. The molecule has 1 aromatic carbocycles. The van der Waals surface area contributed by atoms with Gasteiger partial charge in [0.25, 0.3) is 5.91 Å². The molecule has 128 valence electrons. The fraction of sp³-hybridized carbons (Fsp3) is 0.632. The summed E-state index contributed by atoms with van der Waals surface area (Å²) in [6.07, 6.45) is 1.84. The van der Waals surface area contributed by atoms with Crippen LogP contribution in [0.1, 0.15) is 51.7 Å². The highest BCUT2D eigenvalue weighted by Gasteiger charge is 2.38. The molecule has 0 bridgehead atoms. The molecule has 1 amide bonds. The van der Waals surface area contributed by atoms with Crippen molar-refractivity contribution in [2.45, 2.75) is 71.5 Å². The number of benzene rings is 1. The predicted octanol–water partition coefficient (Wildman–Crippen LogP) is 3.11. The first-order valence-corrected chi connectivity index (χ1v) is 8.36. The number of piperidine rings is 1. The Morgan fingerprint density at radius 3 is 2.22 bits per heavy atom. The molecule has 1 aliphatic heterocycles. The average molecular weight is 318 g/mol. The van der Waals surface area contributed by atoms with E-state index in [-0.39, 0.29) is 29.6 Å². The molecule has 1 aliphatic rings. The van der Waals surface area contributed by atoms with Crippen molar-refractivity contribution >= 4 is 5.91 Å². The Hall–Kier alpha value is -1.55. The van der Waals surface area contributed by atoms with Crippen LogP contribution < -0.4 is 15.4 Å². The Bertz CT molecular complexity index is 542. The lowest BCUT2D eigenvalue weighted by atomic mass is 9.79. The minimum atomic E-state index is -0.0499. The van der Waals surface area contributed by atoms with E-state index in [0.29, 0.717) is 0 Å². The molecular formula is C19H30N2O2. The lowest BCUT2D eigenvalue weighted by Crippen LogP contribution is -2.62. The SMILES string of the molecule is Cc1cccc(C)c1OCC(=O)NC1CC(C)(C)NC(C)(C)C1. The van der Waals surface area contributed by atoms with Gasteiger partial charge in [-0.2, -0.15) is 0 Å². The van der Waals surface area contributed by atoms with Crippen LogP contribution >= 0.6 is 0 Å². The van der Waals surface area contributed by atoms with E-state index in [4.69, 9.17) is 4.74 Å². The largest absolute Gasteiger partial charge is 0.483 e. The maximum atomic E-state index is 12.3. The Morgan fingerprint density at radius 1 is 1.17 bits per heavy atom. The number of para-hydroxylation sites is 1. The van der Waals surface area contributed by atoms with Gasteiger partial charge in [0, 0.05) is 17.1 Å². The van der Waals surface area contributed by atoms with Crippen LogP contribution in [0.4, 0.5) is 0 Å². The summed E-state index contributed by atoms with van der Waals surface area (Å²) in [7, 11) is 0. The second-order valence-electron chi connectivity index (χ2n) is 8.08. The van der Waals surface area contributed by atoms with E-state index in [1.165, 1.54) is 0 Å². The van der Waals surface area contributed by atoms with Crippen molar-refractivity contribution in [3.8, 4) is 5.75 Å². The first-order chi connectivity index (χ1) is 10.6. The average Bonchev–Trinajstić information content (AvgIpc) is 2.33. The quantitative estimate of drug-likeness (QED) is 0.897. The van der Waals surface area contributed by atoms with Crippen LogP contribution in [0.15, 0.2) is 18.2 Å². The van der Waals surface area contributed by atoms with Gasteiger partial charge in [-0.05, 0) is 65.5 Å². The smallest absolute Gasteiger partial charge is 0.258 e. The number of carbonyl (C=O) groups excluding carboxylic acids is 1. The number of rotatable bonds is 4. The summed E-state index contributed by atoms with van der Waals surface area (Å²) in [5, 5.41) is 6.76. The highest BCUT2D eigenvalue weighted by molar-refractivity contribution is 5.78. The number of amides is 1. The van der Waals surface area contributed by atoms with Gasteiger partial charge in [-0.25, -0.2) is 0 Å². The molecule has 23 heavy (non-hydrogen) atoms. The second kappa shape index (κ2) is 6.52. The summed E-state index contributed by atoms with van der Waals surface area (Å²) in [5.41, 5.74) is 2.16. The van der Waals surface area contributed by atoms with Crippen LogP contribution in [0.2, 0.25) is 0 Å². The third-order valence-corrected chi connectivity index (χ3v) is 4.31. The molecule has 4 heteroatoms. The van der Waals surface area contributed by atoms with Crippen molar-refractivity contribution in [1.29, 1.82) is 0 Å².